The lowest BCUT2D eigenvalue weighted by atomic mass is 9.91. The van der Waals surface area contributed by atoms with Crippen LogP contribution in [0, 0.1) is 48.5 Å². The van der Waals surface area contributed by atoms with E-state index in [2.05, 4.69) is 581 Å². The maximum atomic E-state index is 5.47. The Morgan fingerprint density at radius 2 is 0.262 bits per heavy atom. The summed E-state index contributed by atoms with van der Waals surface area (Å²) in [7, 11) is 1.70. The van der Waals surface area contributed by atoms with Gasteiger partial charge in [0, 0.05) is 106 Å². The van der Waals surface area contributed by atoms with E-state index in [1.165, 1.54) is 138 Å². The first kappa shape index (κ1) is 93.0. The largest absolute Gasteiger partial charge is 0.497 e. The van der Waals surface area contributed by atoms with Crippen LogP contribution in [0.1, 0.15) is 38.9 Å². The van der Waals surface area contributed by atoms with E-state index < -0.39 is 0 Å². The zero-order valence-corrected chi connectivity index (χ0v) is 87.9. The van der Waals surface area contributed by atoms with Crippen molar-refractivity contribution >= 4 is 197 Å². The Morgan fingerprint density at radius 1 is 0.145 bits per heavy atom. The molecular weight excluding hydrogens is 2030 g/mol. The molecule has 0 aromatic heterocycles. The van der Waals surface area contributed by atoms with Crippen LogP contribution in [0.25, 0.3) is 154 Å². The average Bonchev–Trinajstić information content (AvgIpc) is 0.711. The maximum Gasteiger partial charge on any atom is 0.118 e. The quantitative estimate of drug-likeness (QED) is 0.0667. The first-order valence-corrected chi connectivity index (χ1v) is 52.3. The minimum absolute atomic E-state index is 0.840. The van der Waals surface area contributed by atoms with Crippen LogP contribution in [-0.2, 0) is 0 Å². The standard InChI is InChI=1S/C68H50Br2N2O.C68H50Br2N2/c1-43-5-11-46(12-6-43)49-17-27-54(28-18-49)71(55-29-19-50(20-30-55)47-13-7-44(2)8-14-47)65-41-63(69)59-38-40-62-66(42-64(70)60-37-39-61(65)67(59)68(60)62)72(56-31-21-51(22-32-56)48-15-9-45(3)10-16-48)57-33-23-52(24-34-57)53-25-35-58(73-4)36-26-53;1-43-5-13-47(14-6-43)51-21-29-55(30-22-51)71(56-31-23-52(24-32-56)48-15-7-44(2)8-16-48)65-41-63(69)59-38-40-62-66(42-64(70)60-37-39-61(65)67(59)68(60)62)72(57-33-25-53(26-34-57)49-17-9-45(3)10-18-49)58-35-27-54(28-36-58)50-19-11-46(4)12-20-50/h5-42H,1-4H3;5-42H,1-4H3. The van der Waals surface area contributed by atoms with Crippen LogP contribution < -0.4 is 24.3 Å². The van der Waals surface area contributed by atoms with Gasteiger partial charge in [-0.3, -0.25) is 0 Å². The first-order valence-electron chi connectivity index (χ1n) is 49.1. The fourth-order valence-electron chi connectivity index (χ4n) is 20.6. The number of aryl methyl sites for hydroxylation is 7. The summed E-state index contributed by atoms with van der Waals surface area (Å²) in [6.07, 6.45) is 0. The Morgan fingerprint density at radius 3 is 0.393 bits per heavy atom. The highest BCUT2D eigenvalue weighted by Gasteiger charge is 2.29. The van der Waals surface area contributed by atoms with Gasteiger partial charge in [-0.2, -0.15) is 0 Å². The van der Waals surface area contributed by atoms with Gasteiger partial charge in [0.15, 0.2) is 0 Å². The fourth-order valence-corrected chi connectivity index (χ4v) is 22.8. The molecule has 9 heteroatoms. The van der Waals surface area contributed by atoms with Gasteiger partial charge in [0.05, 0.1) is 29.9 Å². The molecule has 0 N–H and O–H groups in total. The van der Waals surface area contributed by atoms with Crippen LogP contribution in [0.3, 0.4) is 0 Å². The third-order valence-electron chi connectivity index (χ3n) is 28.6. The van der Waals surface area contributed by atoms with Crippen LogP contribution in [0.4, 0.5) is 68.2 Å². The first-order chi connectivity index (χ1) is 70.8. The van der Waals surface area contributed by atoms with Crippen molar-refractivity contribution in [2.45, 2.75) is 48.5 Å². The Balaban J connectivity index is 0.000000160. The van der Waals surface area contributed by atoms with Gasteiger partial charge in [0.25, 0.3) is 0 Å². The molecule has 0 heterocycles. The molecule has 698 valence electrons. The van der Waals surface area contributed by atoms with Crippen LogP contribution >= 0.6 is 63.7 Å². The van der Waals surface area contributed by atoms with E-state index >= 15 is 0 Å². The van der Waals surface area contributed by atoms with Crippen LogP contribution in [0.2, 0.25) is 0 Å². The zero-order chi connectivity index (χ0) is 98.8. The van der Waals surface area contributed by atoms with E-state index in [9.17, 15) is 0 Å². The maximum absolute atomic E-state index is 5.47. The summed E-state index contributed by atoms with van der Waals surface area (Å²) in [6.45, 7) is 14.9. The van der Waals surface area contributed by atoms with E-state index in [0.717, 1.165) is 146 Å². The van der Waals surface area contributed by atoms with E-state index in [1.807, 2.05) is 12.1 Å². The second-order valence-corrected chi connectivity index (χ2v) is 41.6. The Bertz CT molecular complexity index is 8350. The Labute approximate surface area is 881 Å². The van der Waals surface area contributed by atoms with Gasteiger partial charge >= 0.3 is 0 Å². The molecule has 0 unspecified atom stereocenters. The lowest BCUT2D eigenvalue weighted by Crippen LogP contribution is -2.12. The minimum atomic E-state index is 0.840. The number of hydrogen-bond acceptors (Lipinski definition) is 5. The molecule has 0 bridgehead atoms. The average molecular weight is 2130 g/mol. The van der Waals surface area contributed by atoms with Crippen molar-refractivity contribution in [3.05, 3.63) is 518 Å². The predicted octanol–water partition coefficient (Wildman–Crippen LogP) is 41.6. The van der Waals surface area contributed by atoms with Crippen molar-refractivity contribution in [2.75, 3.05) is 26.7 Å². The third-order valence-corrected chi connectivity index (χ3v) is 31.2. The van der Waals surface area contributed by atoms with Crippen LogP contribution in [0.5, 0.6) is 5.75 Å². The molecule has 0 spiro atoms. The predicted molar refractivity (Wildman–Crippen MR) is 633 cm³/mol. The number of anilines is 12. The molecule has 24 aromatic rings. The second kappa shape index (κ2) is 39.5. The Hall–Kier alpha value is -15.7. The van der Waals surface area contributed by atoms with E-state index in [4.69, 9.17) is 4.74 Å². The molecule has 0 aliphatic carbocycles. The number of methoxy groups -OCH3 is 1. The van der Waals surface area contributed by atoms with Gasteiger partial charge in [-0.1, -0.05) is 430 Å². The number of benzene rings is 24. The van der Waals surface area contributed by atoms with Gasteiger partial charge in [0.2, 0.25) is 0 Å². The summed E-state index contributed by atoms with van der Waals surface area (Å²) in [5.41, 5.74) is 40.6. The van der Waals surface area contributed by atoms with Crippen molar-refractivity contribution in [2.24, 2.45) is 0 Å². The molecule has 145 heavy (non-hydrogen) atoms. The molecule has 24 aromatic carbocycles. The van der Waals surface area contributed by atoms with Crippen LogP contribution in [0.15, 0.2) is 479 Å². The Kier molecular flexibility index (Phi) is 25.3. The molecule has 0 saturated heterocycles. The van der Waals surface area contributed by atoms with Crippen LogP contribution in [-0.4, -0.2) is 7.11 Å². The highest BCUT2D eigenvalue weighted by Crippen LogP contribution is 2.56. The highest BCUT2D eigenvalue weighted by molar-refractivity contribution is 9.11. The second-order valence-electron chi connectivity index (χ2n) is 38.2. The number of halogens is 4. The van der Waals surface area contributed by atoms with Gasteiger partial charge in [-0.15, -0.1) is 0 Å². The molecule has 0 fully saturated rings. The van der Waals surface area contributed by atoms with Crippen molar-refractivity contribution in [3.63, 3.8) is 0 Å². The van der Waals surface area contributed by atoms with Crippen molar-refractivity contribution in [3.8, 4) is 94.8 Å². The molecule has 0 amide bonds. The molecule has 0 saturated carbocycles. The van der Waals surface area contributed by atoms with E-state index in [-0.39, 0.29) is 0 Å². The molecule has 0 aliphatic heterocycles. The van der Waals surface area contributed by atoms with Crippen molar-refractivity contribution < 1.29 is 4.74 Å². The molecule has 0 radical (unpaired) electrons. The van der Waals surface area contributed by atoms with Gasteiger partial charge in [0.1, 0.15) is 5.75 Å². The zero-order valence-electron chi connectivity index (χ0n) is 81.6. The molecule has 0 aliphatic rings. The lowest BCUT2D eigenvalue weighted by molar-refractivity contribution is 0.415. The lowest BCUT2D eigenvalue weighted by Gasteiger charge is -2.30. The number of rotatable bonds is 21. The highest BCUT2D eigenvalue weighted by atomic mass is 79.9. The summed E-state index contributed by atoms with van der Waals surface area (Å²) < 4.78 is 9.60. The van der Waals surface area contributed by atoms with Crippen molar-refractivity contribution in [1.82, 2.24) is 0 Å². The molecule has 24 rings (SSSR count). The minimum Gasteiger partial charge on any atom is -0.497 e. The van der Waals surface area contributed by atoms with E-state index in [1.54, 1.807) is 7.11 Å². The third kappa shape index (κ3) is 18.3. The monoisotopic (exact) mass is 2120 g/mol. The SMILES string of the molecule is COc1ccc(-c2ccc(N(c3ccc(-c4ccc(C)cc4)cc3)c3cc(Br)c4ccc5c(N(c6ccc(-c7ccc(C)cc7)cc6)c6ccc(-c7ccc(C)cc7)cc6)cc(Br)c6ccc3c4c65)cc2)cc1.Cc1ccc(-c2ccc(N(c3ccc(-c4ccc(C)cc4)cc3)c3cc(Br)c4ccc5c(N(c6ccc(-c7ccc(C)cc7)cc6)c6ccc(-c7ccc(C)cc7)cc6)cc(Br)c6ccc3c4c65)cc2)cc1. The molecular formula is C136H100Br4N4O. The summed E-state index contributed by atoms with van der Waals surface area (Å²) in [6, 6.07) is 169. The van der Waals surface area contributed by atoms with Gasteiger partial charge < -0.3 is 24.3 Å². The summed E-state index contributed by atoms with van der Waals surface area (Å²) >= 11 is 16.6. The molecule has 0 atom stereocenters. The number of hydrogen-bond donors (Lipinski definition) is 0. The van der Waals surface area contributed by atoms with Crippen molar-refractivity contribution in [1.29, 1.82) is 0 Å². The smallest absolute Gasteiger partial charge is 0.118 e. The molecule has 5 nitrogen and oxygen atoms in total. The van der Waals surface area contributed by atoms with E-state index in [0.29, 0.717) is 0 Å². The van der Waals surface area contributed by atoms with Gasteiger partial charge in [-0.25, -0.2) is 0 Å². The summed E-state index contributed by atoms with van der Waals surface area (Å²) in [4.78, 5) is 9.65. The fraction of sp³-hybridized carbons (Fsp3) is 0.0588. The topological polar surface area (TPSA) is 22.2 Å². The normalized spacial score (nSPS) is 11.4. The number of nitrogens with zero attached hydrogens (tertiary/aromatic N) is 4. The summed E-state index contributed by atoms with van der Waals surface area (Å²) in [5.74, 6) is 0.840. The number of ether oxygens (including phenoxy) is 1. The van der Waals surface area contributed by atoms with Gasteiger partial charge in [-0.05, 0) is 292 Å². The summed E-state index contributed by atoms with van der Waals surface area (Å²) in [5, 5.41) is 14.1.